The summed E-state index contributed by atoms with van der Waals surface area (Å²) in [5, 5.41) is 10.5. The summed E-state index contributed by atoms with van der Waals surface area (Å²) in [6.45, 7) is 0. The molecule has 72 valence electrons. The van der Waals surface area contributed by atoms with E-state index in [9.17, 15) is 10.1 Å². The predicted molar refractivity (Wildman–Crippen MR) is 54.6 cm³/mol. The van der Waals surface area contributed by atoms with Crippen molar-refractivity contribution in [3.63, 3.8) is 0 Å². The number of rotatable bonds is 1. The molecular weight excluding hydrogens is 273 g/mol. The monoisotopic (exact) mass is 275 g/mol. The highest BCUT2D eigenvalue weighted by Gasteiger charge is 2.20. The second kappa shape index (κ2) is 3.21. The van der Waals surface area contributed by atoms with Crippen LogP contribution in [0.2, 0.25) is 5.15 Å². The number of nitrogens with zero attached hydrogens (tertiary/aromatic N) is 3. The first kappa shape index (κ1) is 9.42. The SMILES string of the molecule is O=[N+]([O-])c1c(Cl)nc2ccc(Br)cn12. The van der Waals surface area contributed by atoms with Gasteiger partial charge in [0.15, 0.2) is 0 Å². The molecule has 0 N–H and O–H groups in total. The average Bonchev–Trinajstić information content (AvgIpc) is 2.40. The van der Waals surface area contributed by atoms with Crippen LogP contribution in [0.25, 0.3) is 5.65 Å². The molecule has 0 aliphatic rings. The van der Waals surface area contributed by atoms with Gasteiger partial charge < -0.3 is 10.1 Å². The Morgan fingerprint density at radius 3 is 2.93 bits per heavy atom. The lowest BCUT2D eigenvalue weighted by molar-refractivity contribution is -0.390. The van der Waals surface area contributed by atoms with E-state index >= 15 is 0 Å². The quantitative estimate of drug-likeness (QED) is 0.594. The number of pyridine rings is 1. The summed E-state index contributed by atoms with van der Waals surface area (Å²) >= 11 is 8.84. The number of hydrogen-bond donors (Lipinski definition) is 0. The van der Waals surface area contributed by atoms with Crippen LogP contribution in [0.4, 0.5) is 5.82 Å². The summed E-state index contributed by atoms with van der Waals surface area (Å²) in [5.74, 6) is -0.219. The zero-order valence-electron chi connectivity index (χ0n) is 6.65. The fourth-order valence-corrected chi connectivity index (χ4v) is 1.72. The van der Waals surface area contributed by atoms with Crippen molar-refractivity contribution >= 4 is 39.0 Å². The van der Waals surface area contributed by atoms with Gasteiger partial charge in [-0.25, -0.2) is 0 Å². The minimum absolute atomic E-state index is 0.104. The molecular formula is C7H3BrClN3O2. The Hall–Kier alpha value is -1.14. The van der Waals surface area contributed by atoms with E-state index in [4.69, 9.17) is 11.6 Å². The first-order chi connectivity index (χ1) is 6.59. The maximum Gasteiger partial charge on any atom is 0.367 e. The number of fused-ring (bicyclic) bond motifs is 1. The third kappa shape index (κ3) is 1.36. The summed E-state index contributed by atoms with van der Waals surface area (Å²) in [6, 6.07) is 3.38. The van der Waals surface area contributed by atoms with Gasteiger partial charge in [0.1, 0.15) is 6.20 Å². The van der Waals surface area contributed by atoms with Gasteiger partial charge in [0.2, 0.25) is 10.8 Å². The van der Waals surface area contributed by atoms with Crippen molar-refractivity contribution in [3.8, 4) is 0 Å². The number of nitro groups is 1. The van der Waals surface area contributed by atoms with E-state index in [0.717, 1.165) is 4.47 Å². The topological polar surface area (TPSA) is 60.4 Å². The van der Waals surface area contributed by atoms with Gasteiger partial charge in [-0.05, 0) is 26.9 Å². The molecule has 2 aromatic heterocycles. The summed E-state index contributed by atoms with van der Waals surface area (Å²) in [6.07, 6.45) is 1.55. The summed E-state index contributed by atoms with van der Waals surface area (Å²) in [5.41, 5.74) is 0.449. The van der Waals surface area contributed by atoms with E-state index in [1.165, 1.54) is 4.40 Å². The van der Waals surface area contributed by atoms with Crippen LogP contribution in [-0.2, 0) is 0 Å². The number of halogens is 2. The fourth-order valence-electron chi connectivity index (χ4n) is 1.14. The van der Waals surface area contributed by atoms with E-state index in [2.05, 4.69) is 20.9 Å². The molecule has 0 unspecified atom stereocenters. The van der Waals surface area contributed by atoms with Crippen LogP contribution in [0.5, 0.6) is 0 Å². The van der Waals surface area contributed by atoms with Crippen LogP contribution in [0.3, 0.4) is 0 Å². The van der Waals surface area contributed by atoms with Crippen molar-refractivity contribution in [1.82, 2.24) is 9.38 Å². The molecule has 0 bridgehead atoms. The standard InChI is InChI=1S/C7H3BrClN3O2/c8-4-1-2-5-10-6(9)7(12(13)14)11(5)3-4/h1-3H. The van der Waals surface area contributed by atoms with E-state index < -0.39 is 4.92 Å². The van der Waals surface area contributed by atoms with E-state index in [1.807, 2.05) is 0 Å². The first-order valence-corrected chi connectivity index (χ1v) is 4.74. The smallest absolute Gasteiger partial charge is 0.358 e. The first-order valence-electron chi connectivity index (χ1n) is 3.57. The zero-order valence-corrected chi connectivity index (χ0v) is 8.99. The molecule has 14 heavy (non-hydrogen) atoms. The molecule has 2 heterocycles. The van der Waals surface area contributed by atoms with Gasteiger partial charge in [-0.15, -0.1) is 0 Å². The van der Waals surface area contributed by atoms with Crippen molar-refractivity contribution in [2.24, 2.45) is 0 Å². The van der Waals surface area contributed by atoms with Gasteiger partial charge in [0.25, 0.3) is 0 Å². The van der Waals surface area contributed by atoms with Gasteiger partial charge in [0.05, 0.1) is 4.47 Å². The van der Waals surface area contributed by atoms with Gasteiger partial charge >= 0.3 is 5.82 Å². The van der Waals surface area contributed by atoms with Gasteiger partial charge in [-0.3, -0.25) is 0 Å². The summed E-state index contributed by atoms with van der Waals surface area (Å²) in [7, 11) is 0. The molecule has 0 fully saturated rings. The molecule has 0 aromatic carbocycles. The predicted octanol–water partition coefficient (Wildman–Crippen LogP) is 2.66. The Labute approximate surface area is 91.6 Å². The Balaban J connectivity index is 2.86. The van der Waals surface area contributed by atoms with Crippen LogP contribution < -0.4 is 0 Å². The van der Waals surface area contributed by atoms with Crippen molar-refractivity contribution in [2.45, 2.75) is 0 Å². The van der Waals surface area contributed by atoms with Crippen LogP contribution >= 0.6 is 27.5 Å². The molecule has 0 amide bonds. The van der Waals surface area contributed by atoms with E-state index in [1.54, 1.807) is 18.3 Å². The molecule has 7 heteroatoms. The lowest BCUT2D eigenvalue weighted by atomic mass is 10.5. The third-order valence-corrected chi connectivity index (χ3v) is 2.41. The molecule has 0 spiro atoms. The number of hydrogen-bond acceptors (Lipinski definition) is 3. The Kier molecular flexibility index (Phi) is 2.16. The highest BCUT2D eigenvalue weighted by atomic mass is 79.9. The molecule has 0 aliphatic heterocycles. The van der Waals surface area contributed by atoms with Crippen molar-refractivity contribution in [1.29, 1.82) is 0 Å². The largest absolute Gasteiger partial charge is 0.367 e. The molecule has 5 nitrogen and oxygen atoms in total. The van der Waals surface area contributed by atoms with E-state index in [-0.39, 0.29) is 11.0 Å². The Morgan fingerprint density at radius 1 is 1.57 bits per heavy atom. The van der Waals surface area contributed by atoms with Crippen LogP contribution in [0.1, 0.15) is 0 Å². The van der Waals surface area contributed by atoms with E-state index in [0.29, 0.717) is 5.65 Å². The molecule has 0 atom stereocenters. The highest BCUT2D eigenvalue weighted by Crippen LogP contribution is 2.26. The molecule has 2 rings (SSSR count). The van der Waals surface area contributed by atoms with Crippen LogP contribution in [0.15, 0.2) is 22.8 Å². The fraction of sp³-hybridized carbons (Fsp3) is 0. The number of imidazole rings is 1. The maximum atomic E-state index is 10.7. The van der Waals surface area contributed by atoms with Crippen LogP contribution in [-0.4, -0.2) is 14.3 Å². The third-order valence-electron chi connectivity index (χ3n) is 1.69. The lowest BCUT2D eigenvalue weighted by Crippen LogP contribution is -1.94. The summed E-state index contributed by atoms with van der Waals surface area (Å²) < 4.78 is 2.05. The normalized spacial score (nSPS) is 10.7. The average molecular weight is 276 g/mol. The zero-order chi connectivity index (χ0) is 10.3. The molecule has 0 saturated carbocycles. The van der Waals surface area contributed by atoms with Crippen molar-refractivity contribution in [2.75, 3.05) is 0 Å². The second-order valence-corrected chi connectivity index (χ2v) is 3.83. The molecule has 0 radical (unpaired) electrons. The van der Waals surface area contributed by atoms with Crippen molar-refractivity contribution in [3.05, 3.63) is 38.1 Å². The minimum atomic E-state index is -0.561. The Morgan fingerprint density at radius 2 is 2.29 bits per heavy atom. The summed E-state index contributed by atoms with van der Waals surface area (Å²) in [4.78, 5) is 13.9. The van der Waals surface area contributed by atoms with Gasteiger partial charge in [-0.2, -0.15) is 9.38 Å². The van der Waals surface area contributed by atoms with Gasteiger partial charge in [-0.1, -0.05) is 11.6 Å². The minimum Gasteiger partial charge on any atom is -0.358 e. The molecule has 0 aliphatic carbocycles. The molecule has 2 aromatic rings. The highest BCUT2D eigenvalue weighted by molar-refractivity contribution is 9.10. The lowest BCUT2D eigenvalue weighted by Gasteiger charge is -1.93. The number of aromatic nitrogens is 2. The van der Waals surface area contributed by atoms with Gasteiger partial charge in [0, 0.05) is 6.07 Å². The maximum absolute atomic E-state index is 10.7. The molecule has 0 saturated heterocycles. The van der Waals surface area contributed by atoms with Crippen molar-refractivity contribution < 1.29 is 4.92 Å². The van der Waals surface area contributed by atoms with Crippen LogP contribution in [0, 0.1) is 10.1 Å². The second-order valence-electron chi connectivity index (χ2n) is 2.56. The Bertz CT molecular complexity index is 525.